The zero-order chi connectivity index (χ0) is 27.2. The third kappa shape index (κ3) is 7.14. The lowest BCUT2D eigenvalue weighted by molar-refractivity contribution is -0.145. The zero-order valence-electron chi connectivity index (χ0n) is 20.7. The van der Waals surface area contributed by atoms with Gasteiger partial charge >= 0.3 is 19.4 Å². The normalized spacial score (nSPS) is 25.8. The molecule has 1 aliphatic heterocycles. The molecule has 1 aromatic heterocycles. The van der Waals surface area contributed by atoms with E-state index in [1.54, 1.807) is 18.2 Å². The minimum atomic E-state index is -4.30. The van der Waals surface area contributed by atoms with Crippen molar-refractivity contribution in [3.05, 3.63) is 63.4 Å². The van der Waals surface area contributed by atoms with Crippen LogP contribution in [-0.2, 0) is 23.4 Å². The predicted octanol–water partition coefficient (Wildman–Crippen LogP) is 2.05. The Bertz CT molecular complexity index is 1220. The number of ether oxygens (including phenoxy) is 2. The van der Waals surface area contributed by atoms with Gasteiger partial charge in [0.05, 0.1) is 13.2 Å². The van der Waals surface area contributed by atoms with Gasteiger partial charge in [-0.1, -0.05) is 31.5 Å². The van der Waals surface area contributed by atoms with Crippen LogP contribution in [0.1, 0.15) is 39.8 Å². The molecule has 6 atom stereocenters. The molecule has 12 nitrogen and oxygen atoms in total. The summed E-state index contributed by atoms with van der Waals surface area (Å²) in [5.41, 5.74) is -4.11. The second-order valence-corrected chi connectivity index (χ2v) is 10.4. The van der Waals surface area contributed by atoms with Crippen molar-refractivity contribution in [2.45, 2.75) is 63.8 Å². The number of hydrogen-bond donors (Lipinski definition) is 3. The van der Waals surface area contributed by atoms with Crippen LogP contribution in [0.25, 0.3) is 0 Å². The summed E-state index contributed by atoms with van der Waals surface area (Å²) in [5, 5.41) is 13.1. The Morgan fingerprint density at radius 1 is 1.32 bits per heavy atom. The number of rotatable bonds is 12. The quantitative estimate of drug-likeness (QED) is 0.206. The van der Waals surface area contributed by atoms with Crippen LogP contribution in [0.5, 0.6) is 5.75 Å². The van der Waals surface area contributed by atoms with Crippen molar-refractivity contribution in [1.29, 1.82) is 0 Å². The van der Waals surface area contributed by atoms with Gasteiger partial charge in [0.2, 0.25) is 0 Å². The van der Waals surface area contributed by atoms with Gasteiger partial charge in [0, 0.05) is 12.3 Å². The number of aliphatic hydroxyl groups is 1. The third-order valence-electron chi connectivity index (χ3n) is 5.65. The maximum absolute atomic E-state index is 15.5. The Morgan fingerprint density at radius 3 is 2.68 bits per heavy atom. The Labute approximate surface area is 212 Å². The molecule has 1 aliphatic rings. The van der Waals surface area contributed by atoms with E-state index < -0.39 is 61.7 Å². The van der Waals surface area contributed by atoms with E-state index in [-0.39, 0.29) is 12.4 Å². The molecule has 3 N–H and O–H groups in total. The van der Waals surface area contributed by atoms with Gasteiger partial charge in [-0.05, 0) is 32.4 Å². The second kappa shape index (κ2) is 12.1. The molecule has 2 aromatic rings. The highest BCUT2D eigenvalue weighted by Gasteiger charge is 2.55. The first-order chi connectivity index (χ1) is 17.5. The monoisotopic (exact) mass is 543 g/mol. The fourth-order valence-electron chi connectivity index (χ4n) is 3.58. The SMILES string of the molecule is CCCCOC(=O)[C@H](C)NP(=O)(OC[C@H]1O[C@@H](n2ccc(=O)[nH]c2=O)[C@](C)(F)[C@@H]1O)Oc1ccccc1. The maximum atomic E-state index is 15.5. The van der Waals surface area contributed by atoms with E-state index in [2.05, 4.69) is 5.09 Å². The Kier molecular flexibility index (Phi) is 9.43. The van der Waals surface area contributed by atoms with Gasteiger partial charge in [0.25, 0.3) is 5.56 Å². The van der Waals surface area contributed by atoms with Gasteiger partial charge in [-0.2, -0.15) is 5.09 Å². The highest BCUT2D eigenvalue weighted by Crippen LogP contribution is 2.47. The van der Waals surface area contributed by atoms with E-state index >= 15 is 4.39 Å². The first kappa shape index (κ1) is 28.7. The number of halogens is 1. The van der Waals surface area contributed by atoms with Crippen LogP contribution in [0.2, 0.25) is 0 Å². The van der Waals surface area contributed by atoms with Gasteiger partial charge in [-0.3, -0.25) is 23.7 Å². The van der Waals surface area contributed by atoms with Crippen molar-refractivity contribution >= 4 is 13.7 Å². The first-order valence-electron chi connectivity index (χ1n) is 11.7. The lowest BCUT2D eigenvalue weighted by atomic mass is 9.98. The number of para-hydroxylation sites is 1. The average molecular weight is 543 g/mol. The number of esters is 1. The third-order valence-corrected chi connectivity index (χ3v) is 7.29. The minimum absolute atomic E-state index is 0.158. The molecule has 1 unspecified atom stereocenters. The number of alkyl halides is 1. The Balaban J connectivity index is 1.77. The van der Waals surface area contributed by atoms with Crippen molar-refractivity contribution in [3.8, 4) is 5.75 Å². The zero-order valence-corrected chi connectivity index (χ0v) is 21.6. The molecule has 0 radical (unpaired) electrons. The summed E-state index contributed by atoms with van der Waals surface area (Å²) in [4.78, 5) is 37.8. The highest BCUT2D eigenvalue weighted by atomic mass is 31.2. The molecular weight excluding hydrogens is 512 g/mol. The summed E-state index contributed by atoms with van der Waals surface area (Å²) in [7, 11) is -4.30. The van der Waals surface area contributed by atoms with Gasteiger partial charge < -0.3 is 19.1 Å². The average Bonchev–Trinajstić information content (AvgIpc) is 3.07. The number of nitrogens with one attached hydrogen (secondary N) is 2. The van der Waals surface area contributed by atoms with E-state index in [0.29, 0.717) is 6.42 Å². The summed E-state index contributed by atoms with van der Waals surface area (Å²) < 4.78 is 51.6. The largest absolute Gasteiger partial charge is 0.465 e. The number of benzene rings is 1. The molecule has 14 heteroatoms. The Morgan fingerprint density at radius 2 is 2.03 bits per heavy atom. The van der Waals surface area contributed by atoms with Crippen LogP contribution in [0.4, 0.5) is 4.39 Å². The number of aromatic amines is 1. The maximum Gasteiger partial charge on any atom is 0.459 e. The number of hydrogen-bond acceptors (Lipinski definition) is 9. The van der Waals surface area contributed by atoms with Crippen LogP contribution in [0, 0.1) is 0 Å². The number of carbonyl (C=O) groups is 1. The van der Waals surface area contributed by atoms with Crippen LogP contribution in [-0.4, -0.2) is 57.8 Å². The van der Waals surface area contributed by atoms with E-state index in [9.17, 15) is 24.1 Å². The van der Waals surface area contributed by atoms with Crippen LogP contribution in [0.3, 0.4) is 0 Å². The molecule has 1 saturated heterocycles. The molecule has 0 bridgehead atoms. The highest BCUT2D eigenvalue weighted by molar-refractivity contribution is 7.52. The fraction of sp³-hybridized carbons (Fsp3) is 0.522. The molecule has 204 valence electrons. The van der Waals surface area contributed by atoms with Gasteiger partial charge in [0.15, 0.2) is 11.9 Å². The molecule has 2 heterocycles. The van der Waals surface area contributed by atoms with E-state index in [1.807, 2.05) is 11.9 Å². The Hall–Kier alpha value is -2.83. The van der Waals surface area contributed by atoms with Crippen molar-refractivity contribution in [3.63, 3.8) is 0 Å². The number of carbonyl (C=O) groups excluding carboxylic acids is 1. The molecule has 0 saturated carbocycles. The van der Waals surface area contributed by atoms with Crippen molar-refractivity contribution in [2.75, 3.05) is 13.2 Å². The minimum Gasteiger partial charge on any atom is -0.465 e. The van der Waals surface area contributed by atoms with Crippen molar-refractivity contribution < 1.29 is 37.4 Å². The molecule has 0 aliphatic carbocycles. The standard InChI is InChI=1S/C23H31FN3O9P/c1-4-5-13-33-20(30)15(2)26-37(32,36-16-9-7-6-8-10-16)34-14-17-19(29)23(3,24)21(35-17)27-12-11-18(28)25-22(27)31/h6-12,15,17,19,21,29H,4-5,13-14H2,1-3H3,(H,26,32)(H,25,28,31)/t15-,17+,19+,21+,23+,37?/m0/s1. The summed E-state index contributed by atoms with van der Waals surface area (Å²) in [6.07, 6.45) is -2.30. The molecule has 0 spiro atoms. The predicted molar refractivity (Wildman–Crippen MR) is 130 cm³/mol. The lowest BCUT2D eigenvalue weighted by Crippen LogP contribution is -2.43. The number of nitrogens with zero attached hydrogens (tertiary/aromatic N) is 1. The fourth-order valence-corrected chi connectivity index (χ4v) is 5.08. The van der Waals surface area contributed by atoms with Crippen LogP contribution in [0.15, 0.2) is 52.2 Å². The molecular formula is C23H31FN3O9P. The van der Waals surface area contributed by atoms with Gasteiger partial charge in [-0.15, -0.1) is 0 Å². The number of aromatic nitrogens is 2. The molecule has 1 fully saturated rings. The van der Waals surface area contributed by atoms with Crippen LogP contribution >= 0.6 is 7.75 Å². The number of aliphatic hydroxyl groups excluding tert-OH is 1. The van der Waals surface area contributed by atoms with Crippen molar-refractivity contribution in [2.24, 2.45) is 0 Å². The topological polar surface area (TPSA) is 158 Å². The van der Waals surface area contributed by atoms with Gasteiger partial charge in [0.1, 0.15) is 24.0 Å². The number of H-pyrrole nitrogens is 1. The lowest BCUT2D eigenvalue weighted by Gasteiger charge is -2.25. The van der Waals surface area contributed by atoms with E-state index in [4.69, 9.17) is 18.5 Å². The van der Waals surface area contributed by atoms with E-state index in [0.717, 1.165) is 30.2 Å². The summed E-state index contributed by atoms with van der Waals surface area (Å²) in [6, 6.07) is 7.91. The molecule has 0 amide bonds. The van der Waals surface area contributed by atoms with Crippen LogP contribution < -0.4 is 20.9 Å². The smallest absolute Gasteiger partial charge is 0.459 e. The molecule has 3 rings (SSSR count). The molecule has 1 aromatic carbocycles. The number of unbranched alkanes of at least 4 members (excludes halogenated alkanes) is 1. The van der Waals surface area contributed by atoms with Crippen molar-refractivity contribution in [1.82, 2.24) is 14.6 Å². The summed E-state index contributed by atoms with van der Waals surface area (Å²) in [5.74, 6) is -0.522. The molecule has 37 heavy (non-hydrogen) atoms. The second-order valence-electron chi connectivity index (χ2n) is 8.71. The summed E-state index contributed by atoms with van der Waals surface area (Å²) in [6.45, 7) is 3.92. The first-order valence-corrected chi connectivity index (χ1v) is 13.3. The van der Waals surface area contributed by atoms with Gasteiger partial charge in [-0.25, -0.2) is 13.8 Å². The summed E-state index contributed by atoms with van der Waals surface area (Å²) >= 11 is 0. The van der Waals surface area contributed by atoms with E-state index in [1.165, 1.54) is 19.1 Å².